The Labute approximate surface area is 222 Å². The third-order valence-corrected chi connectivity index (χ3v) is 6.02. The predicted octanol–water partition coefficient (Wildman–Crippen LogP) is 5.71. The maximum absolute atomic E-state index is 12.8. The second-order valence-electron chi connectivity index (χ2n) is 10.2. The Kier molecular flexibility index (Phi) is 7.50. The lowest BCUT2D eigenvalue weighted by molar-refractivity contribution is 0.0258. The van der Waals surface area contributed by atoms with Gasteiger partial charge in [-0.3, -0.25) is 0 Å². The topological polar surface area (TPSA) is 124 Å². The fourth-order valence-electron chi connectivity index (χ4n) is 4.24. The number of hydrogen-bond donors (Lipinski definition) is 1. The van der Waals surface area contributed by atoms with Crippen molar-refractivity contribution in [3.63, 3.8) is 0 Å². The Morgan fingerprint density at radius 3 is 2.21 bits per heavy atom. The standard InChI is InChI=1S/C29H30N6O3/c1-18-14-21(17-31)15-19(2)25(18)37-26-23-10-12-35(28(36)38-29(3,4)5)13-11-24(23)33-27(34-26)32-22-8-6-20(16-30)7-9-22/h6-9,14-15H,10-13H2,1-5H3,(H,32,33,34). The highest BCUT2D eigenvalue weighted by Gasteiger charge is 2.27. The number of nitriles is 2. The lowest BCUT2D eigenvalue weighted by Crippen LogP contribution is -2.38. The minimum Gasteiger partial charge on any atom is -0.444 e. The first kappa shape index (κ1) is 26.4. The number of benzene rings is 2. The lowest BCUT2D eigenvalue weighted by Gasteiger charge is -2.26. The summed E-state index contributed by atoms with van der Waals surface area (Å²) in [7, 11) is 0. The van der Waals surface area contributed by atoms with E-state index in [2.05, 4.69) is 17.5 Å². The minimum absolute atomic E-state index is 0.345. The molecule has 1 N–H and O–H groups in total. The predicted molar refractivity (Wildman–Crippen MR) is 142 cm³/mol. The number of carbonyl (C=O) groups excluding carboxylic acids is 1. The van der Waals surface area contributed by atoms with Gasteiger partial charge in [0.15, 0.2) is 0 Å². The maximum Gasteiger partial charge on any atom is 0.410 e. The van der Waals surface area contributed by atoms with Crippen molar-refractivity contribution in [2.24, 2.45) is 0 Å². The van der Waals surface area contributed by atoms with Crippen molar-refractivity contribution in [2.75, 3.05) is 18.4 Å². The van der Waals surface area contributed by atoms with E-state index >= 15 is 0 Å². The number of nitrogens with zero attached hydrogens (tertiary/aromatic N) is 5. The van der Waals surface area contributed by atoms with Gasteiger partial charge in [0.25, 0.3) is 0 Å². The van der Waals surface area contributed by atoms with E-state index in [0.717, 1.165) is 28.1 Å². The van der Waals surface area contributed by atoms with Crippen LogP contribution in [0.25, 0.3) is 0 Å². The number of anilines is 2. The molecule has 1 amide bonds. The van der Waals surface area contributed by atoms with Crippen LogP contribution >= 0.6 is 0 Å². The summed E-state index contributed by atoms with van der Waals surface area (Å²) >= 11 is 0. The Bertz CT molecular complexity index is 1420. The van der Waals surface area contributed by atoms with Gasteiger partial charge in [-0.2, -0.15) is 15.5 Å². The summed E-state index contributed by atoms with van der Waals surface area (Å²) in [6.07, 6.45) is 0.631. The second-order valence-corrected chi connectivity index (χ2v) is 10.2. The third kappa shape index (κ3) is 6.19. The van der Waals surface area contributed by atoms with E-state index in [1.54, 1.807) is 41.3 Å². The largest absolute Gasteiger partial charge is 0.444 e. The highest BCUT2D eigenvalue weighted by Crippen LogP contribution is 2.34. The molecule has 0 saturated carbocycles. The van der Waals surface area contributed by atoms with E-state index in [4.69, 9.17) is 24.7 Å². The number of fused-ring (bicyclic) bond motifs is 1. The number of hydrogen-bond acceptors (Lipinski definition) is 8. The number of aromatic nitrogens is 2. The molecule has 38 heavy (non-hydrogen) atoms. The molecule has 0 spiro atoms. The van der Waals surface area contributed by atoms with E-state index in [1.807, 2.05) is 34.6 Å². The number of nitrogens with one attached hydrogen (secondary N) is 1. The Morgan fingerprint density at radius 1 is 0.974 bits per heavy atom. The molecule has 1 aliphatic rings. The van der Waals surface area contributed by atoms with Crippen LogP contribution < -0.4 is 10.1 Å². The minimum atomic E-state index is -0.590. The Hall–Kier alpha value is -4.63. The number of rotatable bonds is 4. The first-order chi connectivity index (χ1) is 18.1. The smallest absolute Gasteiger partial charge is 0.410 e. The van der Waals surface area contributed by atoms with Crippen molar-refractivity contribution in [3.05, 3.63) is 69.9 Å². The first-order valence-corrected chi connectivity index (χ1v) is 12.4. The molecule has 194 valence electrons. The van der Waals surface area contributed by atoms with Crippen LogP contribution in [0.5, 0.6) is 11.6 Å². The number of ether oxygens (including phenoxy) is 2. The van der Waals surface area contributed by atoms with Crippen molar-refractivity contribution in [1.29, 1.82) is 10.5 Å². The molecule has 0 radical (unpaired) electrons. The summed E-state index contributed by atoms with van der Waals surface area (Å²) in [6, 6.07) is 14.8. The number of amides is 1. The zero-order valence-electron chi connectivity index (χ0n) is 22.3. The average molecular weight is 511 g/mol. The number of carbonyl (C=O) groups is 1. The molecule has 0 bridgehead atoms. The molecule has 9 heteroatoms. The van der Waals surface area contributed by atoms with E-state index in [1.165, 1.54) is 0 Å². The van der Waals surface area contributed by atoms with Crippen LogP contribution in [-0.2, 0) is 17.6 Å². The molecule has 0 atom stereocenters. The van der Waals surface area contributed by atoms with Gasteiger partial charge in [0, 0.05) is 30.8 Å². The molecule has 9 nitrogen and oxygen atoms in total. The zero-order chi connectivity index (χ0) is 27.4. The van der Waals surface area contributed by atoms with Crippen molar-refractivity contribution >= 4 is 17.7 Å². The zero-order valence-corrected chi connectivity index (χ0v) is 22.3. The summed E-state index contributed by atoms with van der Waals surface area (Å²) in [5.41, 5.74) is 4.49. The Morgan fingerprint density at radius 2 is 1.61 bits per heavy atom. The molecule has 4 rings (SSSR count). The van der Waals surface area contributed by atoms with Crippen LogP contribution in [0.1, 0.15) is 54.3 Å². The van der Waals surface area contributed by atoms with E-state index in [-0.39, 0.29) is 6.09 Å². The van der Waals surface area contributed by atoms with Gasteiger partial charge in [-0.1, -0.05) is 0 Å². The van der Waals surface area contributed by atoms with Gasteiger partial charge in [-0.05, 0) is 88.6 Å². The second kappa shape index (κ2) is 10.8. The van der Waals surface area contributed by atoms with Crippen molar-refractivity contribution in [3.8, 4) is 23.8 Å². The van der Waals surface area contributed by atoms with Crippen LogP contribution in [0.4, 0.5) is 16.4 Å². The summed E-state index contributed by atoms with van der Waals surface area (Å²) in [4.78, 5) is 23.9. The van der Waals surface area contributed by atoms with Crippen LogP contribution in [-0.4, -0.2) is 39.7 Å². The SMILES string of the molecule is Cc1cc(C#N)cc(C)c1Oc1nc(Nc2ccc(C#N)cc2)nc2c1CCN(C(=O)OC(C)(C)C)CC2. The fraction of sp³-hybridized carbons (Fsp3) is 0.345. The highest BCUT2D eigenvalue weighted by atomic mass is 16.6. The quantitative estimate of drug-likeness (QED) is 0.473. The monoisotopic (exact) mass is 510 g/mol. The number of aryl methyl sites for hydroxylation is 2. The summed E-state index contributed by atoms with van der Waals surface area (Å²) < 4.78 is 12.0. The lowest BCUT2D eigenvalue weighted by atomic mass is 10.1. The van der Waals surface area contributed by atoms with Crippen molar-refractivity contribution in [2.45, 2.75) is 53.1 Å². The van der Waals surface area contributed by atoms with Crippen molar-refractivity contribution in [1.82, 2.24) is 14.9 Å². The van der Waals surface area contributed by atoms with Crippen LogP contribution in [0.2, 0.25) is 0 Å². The molecule has 0 unspecified atom stereocenters. The normalized spacial score (nSPS) is 13.0. The molecule has 0 saturated heterocycles. The molecular weight excluding hydrogens is 480 g/mol. The van der Waals surface area contributed by atoms with Gasteiger partial charge >= 0.3 is 6.09 Å². The van der Waals surface area contributed by atoms with E-state index in [0.29, 0.717) is 54.6 Å². The fourth-order valence-corrected chi connectivity index (χ4v) is 4.24. The first-order valence-electron chi connectivity index (χ1n) is 12.4. The van der Waals surface area contributed by atoms with Gasteiger partial charge < -0.3 is 19.7 Å². The third-order valence-electron chi connectivity index (χ3n) is 6.02. The van der Waals surface area contributed by atoms with Gasteiger partial charge in [-0.15, -0.1) is 0 Å². The molecule has 1 aromatic heterocycles. The average Bonchev–Trinajstić information content (AvgIpc) is 3.08. The Balaban J connectivity index is 1.70. The molecule has 0 aliphatic carbocycles. The molecule has 1 aliphatic heterocycles. The summed E-state index contributed by atoms with van der Waals surface area (Å²) in [6.45, 7) is 10.2. The molecule has 2 aromatic carbocycles. The summed E-state index contributed by atoms with van der Waals surface area (Å²) in [5, 5.41) is 21.6. The van der Waals surface area contributed by atoms with Crippen molar-refractivity contribution < 1.29 is 14.3 Å². The van der Waals surface area contributed by atoms with Gasteiger partial charge in [0.05, 0.1) is 29.0 Å². The van der Waals surface area contributed by atoms with Crippen LogP contribution in [0, 0.1) is 36.5 Å². The molecule has 0 fully saturated rings. The van der Waals surface area contributed by atoms with Crippen LogP contribution in [0.3, 0.4) is 0 Å². The van der Waals surface area contributed by atoms with Gasteiger partial charge in [0.2, 0.25) is 11.8 Å². The molecule has 2 heterocycles. The molecule has 3 aromatic rings. The maximum atomic E-state index is 12.8. The highest BCUT2D eigenvalue weighted by molar-refractivity contribution is 5.68. The summed E-state index contributed by atoms with van der Waals surface area (Å²) in [5.74, 6) is 1.37. The molecular formula is C29H30N6O3. The van der Waals surface area contributed by atoms with E-state index in [9.17, 15) is 10.1 Å². The van der Waals surface area contributed by atoms with E-state index < -0.39 is 5.60 Å². The van der Waals surface area contributed by atoms with Gasteiger partial charge in [0.1, 0.15) is 11.4 Å². The van der Waals surface area contributed by atoms with Crippen LogP contribution in [0.15, 0.2) is 36.4 Å². The van der Waals surface area contributed by atoms with Gasteiger partial charge in [-0.25, -0.2) is 9.78 Å².